The van der Waals surface area contributed by atoms with Crippen LogP contribution in [0.25, 0.3) is 0 Å². The van der Waals surface area contributed by atoms with Gasteiger partial charge in [0.15, 0.2) is 0 Å². The van der Waals surface area contributed by atoms with E-state index in [1.54, 1.807) is 3.32 Å². The van der Waals surface area contributed by atoms with Gasteiger partial charge in [0.2, 0.25) is 0 Å². The number of benzene rings is 2. The molecule has 2 rings (SSSR count). The molecule has 2 aromatic rings. The summed E-state index contributed by atoms with van der Waals surface area (Å²) in [6.07, 6.45) is 19.2. The first-order chi connectivity index (χ1) is 16.3. The summed E-state index contributed by atoms with van der Waals surface area (Å²) in [6, 6.07) is 19.2. The summed E-state index contributed by atoms with van der Waals surface area (Å²) in [7, 11) is -4.64. The van der Waals surface area contributed by atoms with E-state index in [1.807, 2.05) is 0 Å². The molecule has 0 amide bonds. The van der Waals surface area contributed by atoms with Crippen molar-refractivity contribution < 1.29 is 19.2 Å². The minimum atomic E-state index is -4.64. The molecular weight excluding hydrogens is 471 g/mol. The zero-order valence-corrected chi connectivity index (χ0v) is 24.5. The Labute approximate surface area is 226 Å². The molecular formula is C28H45CaO4P. The van der Waals surface area contributed by atoms with Gasteiger partial charge >= 0.3 is 208 Å². The molecule has 3 N–H and O–H groups in total. The molecule has 0 aliphatic rings. The van der Waals surface area contributed by atoms with E-state index in [9.17, 15) is 0 Å². The number of unbranched alkanes of at least 4 members (excludes halogenated alkanes) is 10. The number of phosphoric acid groups is 1. The van der Waals surface area contributed by atoms with Crippen molar-refractivity contribution in [1.82, 2.24) is 0 Å². The topological polar surface area (TPSA) is 77.8 Å². The Morgan fingerprint density at radius 1 is 0.559 bits per heavy atom. The van der Waals surface area contributed by atoms with Crippen LogP contribution in [-0.2, 0) is 17.4 Å². The van der Waals surface area contributed by atoms with Gasteiger partial charge in [0.25, 0.3) is 0 Å². The summed E-state index contributed by atoms with van der Waals surface area (Å²) in [5, 5.41) is 0. The molecule has 0 bridgehead atoms. The summed E-state index contributed by atoms with van der Waals surface area (Å²) >= 11 is -0.817. The van der Waals surface area contributed by atoms with E-state index in [2.05, 4.69) is 62.4 Å². The van der Waals surface area contributed by atoms with Crippen molar-refractivity contribution in [1.29, 1.82) is 0 Å². The predicted molar refractivity (Wildman–Crippen MR) is 146 cm³/mol. The van der Waals surface area contributed by atoms with Crippen molar-refractivity contribution >= 4 is 45.0 Å². The number of hydrogen-bond donors (Lipinski definition) is 3. The fourth-order valence-electron chi connectivity index (χ4n) is 4.10. The average molecular weight is 517 g/mol. The van der Waals surface area contributed by atoms with Crippen LogP contribution in [0.1, 0.15) is 102 Å². The molecule has 188 valence electrons. The Morgan fingerprint density at radius 2 is 0.853 bits per heavy atom. The van der Waals surface area contributed by atoms with E-state index in [0.717, 1.165) is 0 Å². The zero-order chi connectivity index (χ0) is 25.1. The first kappa shape index (κ1) is 31.8. The van der Waals surface area contributed by atoms with Crippen molar-refractivity contribution in [2.24, 2.45) is 0 Å². The van der Waals surface area contributed by atoms with Gasteiger partial charge in [-0.15, -0.1) is 0 Å². The van der Waals surface area contributed by atoms with Gasteiger partial charge in [-0.25, -0.2) is 4.57 Å². The van der Waals surface area contributed by atoms with Crippen molar-refractivity contribution in [2.75, 3.05) is 0 Å². The minimum absolute atomic E-state index is 0.817. The van der Waals surface area contributed by atoms with Gasteiger partial charge in [-0.05, 0) is 0 Å². The maximum Gasteiger partial charge on any atom is 0.466 e. The van der Waals surface area contributed by atoms with Crippen LogP contribution in [0.15, 0.2) is 48.5 Å². The van der Waals surface area contributed by atoms with Gasteiger partial charge < -0.3 is 14.7 Å². The minimum Gasteiger partial charge on any atom is -0.303 e. The maximum absolute atomic E-state index is 8.88. The Kier molecular flexibility index (Phi) is 18.7. The molecule has 2 aromatic carbocycles. The van der Waals surface area contributed by atoms with Crippen LogP contribution >= 0.6 is 7.82 Å². The molecule has 0 atom stereocenters. The maximum atomic E-state index is 8.88. The van der Waals surface area contributed by atoms with Gasteiger partial charge in [-0.3, -0.25) is 0 Å². The Hall–Kier alpha value is -0.190. The molecule has 0 aromatic heterocycles. The normalized spacial score (nSPS) is 11.0. The second-order valence-corrected chi connectivity index (χ2v) is 13.5. The van der Waals surface area contributed by atoms with Crippen molar-refractivity contribution in [3.8, 4) is 0 Å². The summed E-state index contributed by atoms with van der Waals surface area (Å²) in [5.41, 5.74) is 3.06. The van der Waals surface area contributed by atoms with E-state index in [-0.39, 0.29) is 0 Å². The van der Waals surface area contributed by atoms with Crippen molar-refractivity contribution in [2.45, 2.75) is 104 Å². The van der Waals surface area contributed by atoms with Gasteiger partial charge in [0, 0.05) is 0 Å². The van der Waals surface area contributed by atoms with Gasteiger partial charge in [-0.1, -0.05) is 0 Å². The molecule has 0 spiro atoms. The number of aryl methyl sites for hydroxylation is 2. The molecule has 0 saturated carbocycles. The van der Waals surface area contributed by atoms with Crippen LogP contribution in [0.5, 0.6) is 0 Å². The van der Waals surface area contributed by atoms with Crippen molar-refractivity contribution in [3.05, 3.63) is 59.7 Å². The van der Waals surface area contributed by atoms with E-state index >= 15 is 0 Å². The smallest absolute Gasteiger partial charge is 0.303 e. The van der Waals surface area contributed by atoms with Crippen molar-refractivity contribution in [3.63, 3.8) is 0 Å². The second-order valence-electron chi connectivity index (χ2n) is 9.36. The van der Waals surface area contributed by atoms with Crippen LogP contribution in [-0.4, -0.2) is 48.5 Å². The molecule has 0 saturated heterocycles. The summed E-state index contributed by atoms with van der Waals surface area (Å²) in [5.74, 6) is 0. The Bertz CT molecular complexity index is 721. The number of rotatable bonds is 16. The zero-order valence-electron chi connectivity index (χ0n) is 21.4. The molecule has 0 fully saturated rings. The standard InChI is InChI=1S/2C14H21.Ca.H3O4P/c2*1-2-3-4-5-6-8-11-14-12-9-7-10-13-14;;1-5(2,3)4/h2*9-10,12-13H,2-6,8,11H2,1H3;;(H3,1,2,3,4). The largest absolute Gasteiger partial charge is 0.466 e. The van der Waals surface area contributed by atoms with Gasteiger partial charge in [0.1, 0.15) is 0 Å². The molecule has 34 heavy (non-hydrogen) atoms. The molecule has 6 heteroatoms. The van der Waals surface area contributed by atoms with Gasteiger partial charge in [-0.2, -0.15) is 0 Å². The molecule has 0 radical (unpaired) electrons. The summed E-state index contributed by atoms with van der Waals surface area (Å²) in [6.45, 7) is 4.58. The molecule has 0 heterocycles. The fourth-order valence-corrected chi connectivity index (χ4v) is 6.31. The third kappa shape index (κ3) is 19.1. The molecule has 4 nitrogen and oxygen atoms in total. The monoisotopic (exact) mass is 516 g/mol. The number of hydrogen-bond acceptors (Lipinski definition) is 1. The van der Waals surface area contributed by atoms with E-state index in [4.69, 9.17) is 19.2 Å². The Morgan fingerprint density at radius 3 is 1.18 bits per heavy atom. The Balaban J connectivity index is 0.00000104. The van der Waals surface area contributed by atoms with Crippen LogP contribution < -0.4 is 3.32 Å². The second kappa shape index (κ2) is 19.9. The summed E-state index contributed by atoms with van der Waals surface area (Å²) < 4.78 is 12.1. The summed E-state index contributed by atoms with van der Waals surface area (Å²) in [4.78, 5) is 21.6. The first-order valence-electron chi connectivity index (χ1n) is 13.3. The molecule has 0 aliphatic carbocycles. The first-order valence-corrected chi connectivity index (χ1v) is 17.0. The van der Waals surface area contributed by atoms with Crippen LogP contribution in [0.3, 0.4) is 0 Å². The quantitative estimate of drug-likeness (QED) is 0.141. The van der Waals surface area contributed by atoms with E-state index < -0.39 is 41.7 Å². The third-order valence-electron chi connectivity index (χ3n) is 6.09. The van der Waals surface area contributed by atoms with E-state index in [1.165, 1.54) is 101 Å². The van der Waals surface area contributed by atoms with Crippen LogP contribution in [0.2, 0.25) is 0 Å². The fraction of sp³-hybridized carbons (Fsp3) is 0.571. The third-order valence-corrected chi connectivity index (χ3v) is 8.84. The van der Waals surface area contributed by atoms with Crippen LogP contribution in [0.4, 0.5) is 0 Å². The van der Waals surface area contributed by atoms with E-state index in [0.29, 0.717) is 0 Å². The predicted octanol–water partition coefficient (Wildman–Crippen LogP) is 6.22. The van der Waals surface area contributed by atoms with Gasteiger partial charge in [0.05, 0.1) is 0 Å². The average Bonchev–Trinajstić information content (AvgIpc) is 2.79. The SMILES string of the molecule is CCCCCCCCc1cc[c]([Ca][c]2ccc(CCCCCCCC)cc2)cc1.O=P(O)(O)O. The molecule has 0 aliphatic heterocycles. The van der Waals surface area contributed by atoms with Crippen LogP contribution in [0, 0.1) is 0 Å². The molecule has 0 unspecified atom stereocenters.